The molecule has 1 aromatic rings. The lowest BCUT2D eigenvalue weighted by Gasteiger charge is -2.19. The lowest BCUT2D eigenvalue weighted by atomic mass is 9.86. The van der Waals surface area contributed by atoms with Crippen molar-refractivity contribution >= 4 is 5.78 Å². The molecule has 2 N–H and O–H groups in total. The topological polar surface area (TPSA) is 52.3 Å². The molecule has 0 radical (unpaired) electrons. The van der Waals surface area contributed by atoms with E-state index in [0.29, 0.717) is 19.6 Å². The number of Topliss-reactive ketones (excluding diaryl/α,β-unsaturated/α-hetero) is 1. The van der Waals surface area contributed by atoms with Crippen LogP contribution in [0.15, 0.2) is 24.3 Å². The lowest BCUT2D eigenvalue weighted by molar-refractivity contribution is -0.122. The van der Waals surface area contributed by atoms with Gasteiger partial charge in [-0.15, -0.1) is 0 Å². The Balaban J connectivity index is 2.51. The van der Waals surface area contributed by atoms with Crippen molar-refractivity contribution in [3.8, 4) is 0 Å². The highest BCUT2D eigenvalue weighted by molar-refractivity contribution is 5.82. The smallest absolute Gasteiger partial charge is 0.162 e. The van der Waals surface area contributed by atoms with Gasteiger partial charge in [-0.3, -0.25) is 4.79 Å². The standard InChI is InChI=1S/C15H23NO2/c1-15(2,3)13-6-4-12(5-7-13)10-14(17)11-18-9-8-16/h4-7H,8-11,16H2,1-3H3. The molecule has 0 aliphatic carbocycles. The van der Waals surface area contributed by atoms with Gasteiger partial charge in [0.25, 0.3) is 0 Å². The second kappa shape index (κ2) is 6.66. The first-order valence-electron chi connectivity index (χ1n) is 6.32. The minimum absolute atomic E-state index is 0.0898. The molecule has 0 unspecified atom stereocenters. The van der Waals surface area contributed by atoms with Crippen molar-refractivity contribution in [3.05, 3.63) is 35.4 Å². The van der Waals surface area contributed by atoms with Gasteiger partial charge in [-0.25, -0.2) is 0 Å². The molecular formula is C15H23NO2. The van der Waals surface area contributed by atoms with Crippen LogP contribution >= 0.6 is 0 Å². The third-order valence-electron chi connectivity index (χ3n) is 2.75. The molecule has 3 heteroatoms. The van der Waals surface area contributed by atoms with E-state index in [0.717, 1.165) is 5.56 Å². The molecule has 0 saturated carbocycles. The van der Waals surface area contributed by atoms with E-state index in [-0.39, 0.29) is 17.8 Å². The van der Waals surface area contributed by atoms with Crippen LogP contribution in [0.5, 0.6) is 0 Å². The number of nitrogens with two attached hydrogens (primary N) is 1. The summed E-state index contributed by atoms with van der Waals surface area (Å²) in [4.78, 5) is 11.6. The molecule has 0 aliphatic rings. The summed E-state index contributed by atoms with van der Waals surface area (Å²) in [5.74, 6) is 0.0898. The van der Waals surface area contributed by atoms with Crippen LogP contribution < -0.4 is 5.73 Å². The molecule has 1 aromatic carbocycles. The maximum atomic E-state index is 11.6. The molecule has 0 spiro atoms. The Hall–Kier alpha value is -1.19. The molecule has 0 fully saturated rings. The van der Waals surface area contributed by atoms with Gasteiger partial charge >= 0.3 is 0 Å². The molecule has 0 amide bonds. The van der Waals surface area contributed by atoms with Gasteiger partial charge in [0, 0.05) is 13.0 Å². The third kappa shape index (κ3) is 4.98. The van der Waals surface area contributed by atoms with Crippen molar-refractivity contribution in [2.75, 3.05) is 19.8 Å². The predicted molar refractivity (Wildman–Crippen MR) is 73.7 cm³/mol. The van der Waals surface area contributed by atoms with Gasteiger partial charge in [0.05, 0.1) is 6.61 Å². The van der Waals surface area contributed by atoms with Crippen LogP contribution in [0.3, 0.4) is 0 Å². The van der Waals surface area contributed by atoms with Gasteiger partial charge in [-0.1, -0.05) is 45.0 Å². The maximum absolute atomic E-state index is 11.6. The number of ketones is 1. The summed E-state index contributed by atoms with van der Waals surface area (Å²) in [6.45, 7) is 7.57. The Labute approximate surface area is 109 Å². The van der Waals surface area contributed by atoms with Gasteiger partial charge in [0.15, 0.2) is 5.78 Å². The van der Waals surface area contributed by atoms with E-state index in [4.69, 9.17) is 10.5 Å². The predicted octanol–water partition coefficient (Wildman–Crippen LogP) is 2.07. The highest BCUT2D eigenvalue weighted by Gasteiger charge is 2.13. The molecule has 0 bridgehead atoms. The zero-order valence-corrected chi connectivity index (χ0v) is 11.5. The third-order valence-corrected chi connectivity index (χ3v) is 2.75. The normalized spacial score (nSPS) is 11.6. The van der Waals surface area contributed by atoms with Crippen molar-refractivity contribution in [2.24, 2.45) is 5.73 Å². The molecule has 0 aliphatic heterocycles. The Kier molecular flexibility index (Phi) is 5.51. The average molecular weight is 249 g/mol. The maximum Gasteiger partial charge on any atom is 0.162 e. The minimum atomic E-state index is 0.0898. The van der Waals surface area contributed by atoms with Crippen LogP contribution in [0.25, 0.3) is 0 Å². The average Bonchev–Trinajstić information content (AvgIpc) is 2.29. The van der Waals surface area contributed by atoms with E-state index in [1.807, 2.05) is 12.1 Å². The van der Waals surface area contributed by atoms with Gasteiger partial charge in [-0.05, 0) is 16.5 Å². The Morgan fingerprint density at radius 2 is 1.83 bits per heavy atom. The summed E-state index contributed by atoms with van der Waals surface area (Å²) in [7, 11) is 0. The van der Waals surface area contributed by atoms with Gasteiger partial charge < -0.3 is 10.5 Å². The van der Waals surface area contributed by atoms with E-state index < -0.39 is 0 Å². The van der Waals surface area contributed by atoms with Crippen LogP contribution in [0.1, 0.15) is 31.9 Å². The molecule has 3 nitrogen and oxygen atoms in total. The summed E-state index contributed by atoms with van der Waals surface area (Å²) in [6, 6.07) is 8.20. The van der Waals surface area contributed by atoms with Crippen molar-refractivity contribution in [3.63, 3.8) is 0 Å². The first kappa shape index (κ1) is 14.9. The fraction of sp³-hybridized carbons (Fsp3) is 0.533. The summed E-state index contributed by atoms with van der Waals surface area (Å²) in [6.07, 6.45) is 0.426. The molecular weight excluding hydrogens is 226 g/mol. The monoisotopic (exact) mass is 249 g/mol. The number of carbonyl (C=O) groups is 1. The summed E-state index contributed by atoms with van der Waals surface area (Å²) < 4.78 is 5.12. The quantitative estimate of drug-likeness (QED) is 0.785. The fourth-order valence-corrected chi connectivity index (χ4v) is 1.67. The second-order valence-corrected chi connectivity index (χ2v) is 5.50. The number of benzene rings is 1. The Bertz CT molecular complexity index is 376. The summed E-state index contributed by atoms with van der Waals surface area (Å²) >= 11 is 0. The molecule has 100 valence electrons. The number of rotatable bonds is 6. The number of hydrogen-bond acceptors (Lipinski definition) is 3. The molecule has 1 rings (SSSR count). The van der Waals surface area contributed by atoms with Crippen molar-refractivity contribution < 1.29 is 9.53 Å². The van der Waals surface area contributed by atoms with Gasteiger partial charge in [0.2, 0.25) is 0 Å². The Morgan fingerprint density at radius 1 is 1.22 bits per heavy atom. The van der Waals surface area contributed by atoms with Crippen LogP contribution in [0, 0.1) is 0 Å². The van der Waals surface area contributed by atoms with E-state index in [1.165, 1.54) is 5.56 Å². The largest absolute Gasteiger partial charge is 0.372 e. The zero-order valence-electron chi connectivity index (χ0n) is 11.5. The SMILES string of the molecule is CC(C)(C)c1ccc(CC(=O)COCCN)cc1. The molecule has 0 saturated heterocycles. The Morgan fingerprint density at radius 3 is 2.33 bits per heavy atom. The van der Waals surface area contributed by atoms with Crippen LogP contribution in [-0.2, 0) is 21.4 Å². The van der Waals surface area contributed by atoms with E-state index in [1.54, 1.807) is 0 Å². The number of carbonyl (C=O) groups excluding carboxylic acids is 1. The number of ether oxygens (including phenoxy) is 1. The summed E-state index contributed by atoms with van der Waals surface area (Å²) in [5, 5.41) is 0. The van der Waals surface area contributed by atoms with Crippen LogP contribution in [-0.4, -0.2) is 25.5 Å². The first-order valence-corrected chi connectivity index (χ1v) is 6.32. The van der Waals surface area contributed by atoms with Crippen molar-refractivity contribution in [1.82, 2.24) is 0 Å². The number of hydrogen-bond donors (Lipinski definition) is 1. The van der Waals surface area contributed by atoms with Crippen LogP contribution in [0.4, 0.5) is 0 Å². The highest BCUT2D eigenvalue weighted by Crippen LogP contribution is 2.22. The van der Waals surface area contributed by atoms with E-state index in [9.17, 15) is 4.79 Å². The van der Waals surface area contributed by atoms with Crippen LogP contribution in [0.2, 0.25) is 0 Å². The summed E-state index contributed by atoms with van der Waals surface area (Å²) in [5.41, 5.74) is 7.74. The van der Waals surface area contributed by atoms with E-state index in [2.05, 4.69) is 32.9 Å². The lowest BCUT2D eigenvalue weighted by Crippen LogP contribution is -2.16. The highest BCUT2D eigenvalue weighted by atomic mass is 16.5. The van der Waals surface area contributed by atoms with Gasteiger partial charge in [-0.2, -0.15) is 0 Å². The molecule has 0 heterocycles. The van der Waals surface area contributed by atoms with E-state index >= 15 is 0 Å². The molecule has 0 aromatic heterocycles. The second-order valence-electron chi connectivity index (χ2n) is 5.50. The zero-order chi connectivity index (χ0) is 13.6. The minimum Gasteiger partial charge on any atom is -0.372 e. The van der Waals surface area contributed by atoms with Gasteiger partial charge in [0.1, 0.15) is 6.61 Å². The molecule has 18 heavy (non-hydrogen) atoms. The fourth-order valence-electron chi connectivity index (χ4n) is 1.67. The van der Waals surface area contributed by atoms with Crippen molar-refractivity contribution in [2.45, 2.75) is 32.6 Å². The van der Waals surface area contributed by atoms with Crippen molar-refractivity contribution in [1.29, 1.82) is 0 Å². The molecule has 0 atom stereocenters. The first-order chi connectivity index (χ1) is 8.43.